The minimum Gasteiger partial charge on any atom is -0.338 e. The Morgan fingerprint density at radius 3 is 2.37 bits per heavy atom. The van der Waals surface area contributed by atoms with Gasteiger partial charge in [0, 0.05) is 12.2 Å². The Morgan fingerprint density at radius 2 is 1.89 bits per heavy atom. The number of hydrogen-bond acceptors (Lipinski definition) is 3. The molecular weight excluding hydrogens is 268 g/mol. The van der Waals surface area contributed by atoms with Crippen LogP contribution in [0.2, 0.25) is 0 Å². The van der Waals surface area contributed by atoms with Crippen molar-refractivity contribution in [2.75, 3.05) is 11.9 Å². The van der Waals surface area contributed by atoms with E-state index in [0.29, 0.717) is 18.2 Å². The fraction of sp³-hybridized carbons (Fsp3) is 0.417. The van der Waals surface area contributed by atoms with Gasteiger partial charge in [-0.05, 0) is 30.2 Å². The predicted molar refractivity (Wildman–Crippen MR) is 72.7 cm³/mol. The maximum atomic E-state index is 11.5. The van der Waals surface area contributed by atoms with E-state index in [0.717, 1.165) is 6.42 Å². The number of anilines is 1. The van der Waals surface area contributed by atoms with Gasteiger partial charge in [0.2, 0.25) is 0 Å². The smallest absolute Gasteiger partial charge is 0.319 e. The first kappa shape index (κ1) is 15.5. The van der Waals surface area contributed by atoms with Crippen molar-refractivity contribution in [3.05, 3.63) is 24.3 Å². The number of hydrogen-bond donors (Lipinski definition) is 3. The lowest BCUT2D eigenvalue weighted by molar-refractivity contribution is 0.250. The van der Waals surface area contributed by atoms with Crippen molar-refractivity contribution < 1.29 is 17.8 Å². The second-order valence-electron chi connectivity index (χ2n) is 4.35. The summed E-state index contributed by atoms with van der Waals surface area (Å²) in [6.45, 7) is 4.64. The summed E-state index contributed by atoms with van der Waals surface area (Å²) in [5, 5.41) is 5.28. The number of urea groups is 1. The summed E-state index contributed by atoms with van der Waals surface area (Å²) < 4.78 is 30.5. The van der Waals surface area contributed by atoms with Crippen LogP contribution < -0.4 is 10.6 Å². The molecule has 0 aliphatic rings. The molecule has 0 radical (unpaired) electrons. The van der Waals surface area contributed by atoms with E-state index in [1.807, 2.05) is 13.8 Å². The van der Waals surface area contributed by atoms with Gasteiger partial charge in [-0.3, -0.25) is 4.55 Å². The molecule has 0 saturated heterocycles. The Kier molecular flexibility index (Phi) is 5.31. The molecule has 0 saturated carbocycles. The highest BCUT2D eigenvalue weighted by Crippen LogP contribution is 2.13. The Bertz CT molecular complexity index is 525. The summed E-state index contributed by atoms with van der Waals surface area (Å²) in [6.07, 6.45) is 0.976. The lowest BCUT2D eigenvalue weighted by Crippen LogP contribution is -2.32. The first-order valence-electron chi connectivity index (χ1n) is 5.95. The van der Waals surface area contributed by atoms with Crippen molar-refractivity contribution in [1.29, 1.82) is 0 Å². The van der Waals surface area contributed by atoms with Gasteiger partial charge in [-0.1, -0.05) is 20.3 Å². The molecule has 1 atom stereocenters. The molecule has 106 valence electrons. The second-order valence-corrected chi connectivity index (χ2v) is 5.77. The number of nitrogens with one attached hydrogen (secondary N) is 2. The second kappa shape index (κ2) is 6.53. The van der Waals surface area contributed by atoms with E-state index < -0.39 is 10.1 Å². The molecule has 0 aliphatic carbocycles. The summed E-state index contributed by atoms with van der Waals surface area (Å²) in [7, 11) is -4.20. The summed E-state index contributed by atoms with van der Waals surface area (Å²) in [5.74, 6) is 0.396. The van der Waals surface area contributed by atoms with Crippen LogP contribution in [0.3, 0.4) is 0 Å². The van der Waals surface area contributed by atoms with Crippen LogP contribution >= 0.6 is 0 Å². The van der Waals surface area contributed by atoms with Crippen molar-refractivity contribution in [1.82, 2.24) is 5.32 Å². The Hall–Kier alpha value is -1.60. The molecule has 0 bridgehead atoms. The molecule has 7 heteroatoms. The van der Waals surface area contributed by atoms with Crippen LogP contribution in [-0.4, -0.2) is 25.5 Å². The van der Waals surface area contributed by atoms with Gasteiger partial charge in [0.05, 0.1) is 4.90 Å². The van der Waals surface area contributed by atoms with Crippen molar-refractivity contribution in [3.63, 3.8) is 0 Å². The number of benzene rings is 1. The Labute approximate surface area is 113 Å². The fourth-order valence-corrected chi connectivity index (χ4v) is 1.78. The van der Waals surface area contributed by atoms with E-state index in [9.17, 15) is 13.2 Å². The van der Waals surface area contributed by atoms with E-state index in [1.165, 1.54) is 24.3 Å². The topological polar surface area (TPSA) is 95.5 Å². The number of carbonyl (C=O) groups is 1. The van der Waals surface area contributed by atoms with Crippen LogP contribution in [0.5, 0.6) is 0 Å². The number of carbonyl (C=O) groups excluding carboxylic acids is 1. The summed E-state index contributed by atoms with van der Waals surface area (Å²) in [6, 6.07) is 4.91. The highest BCUT2D eigenvalue weighted by atomic mass is 32.2. The molecule has 0 heterocycles. The molecule has 1 aromatic carbocycles. The normalized spacial score (nSPS) is 12.8. The lowest BCUT2D eigenvalue weighted by Gasteiger charge is -2.11. The monoisotopic (exact) mass is 286 g/mol. The zero-order valence-electron chi connectivity index (χ0n) is 10.9. The van der Waals surface area contributed by atoms with E-state index in [4.69, 9.17) is 4.55 Å². The molecule has 1 unspecified atom stereocenters. The quantitative estimate of drug-likeness (QED) is 0.722. The largest absolute Gasteiger partial charge is 0.338 e. The number of rotatable bonds is 5. The summed E-state index contributed by atoms with van der Waals surface area (Å²) >= 11 is 0. The molecule has 2 amide bonds. The maximum absolute atomic E-state index is 11.5. The van der Waals surface area contributed by atoms with Crippen LogP contribution in [0, 0.1) is 5.92 Å². The molecule has 6 nitrogen and oxygen atoms in total. The van der Waals surface area contributed by atoms with Gasteiger partial charge >= 0.3 is 6.03 Å². The van der Waals surface area contributed by atoms with E-state index in [1.54, 1.807) is 0 Å². The number of amides is 2. The van der Waals surface area contributed by atoms with Crippen LogP contribution in [0.15, 0.2) is 29.2 Å². The van der Waals surface area contributed by atoms with Crippen LogP contribution in [0.4, 0.5) is 10.5 Å². The third-order valence-corrected chi connectivity index (χ3v) is 3.59. The molecular formula is C12H18N2O4S. The van der Waals surface area contributed by atoms with Crippen LogP contribution in [0.1, 0.15) is 20.3 Å². The zero-order chi connectivity index (χ0) is 14.5. The highest BCUT2D eigenvalue weighted by Gasteiger charge is 2.09. The standard InChI is InChI=1S/C12H18N2O4S/c1-3-9(2)8-13-12(15)14-10-4-6-11(7-5-10)19(16,17)18/h4-7,9H,3,8H2,1-2H3,(H2,13,14,15)(H,16,17,18). The predicted octanol–water partition coefficient (Wildman–Crippen LogP) is 2.10. The highest BCUT2D eigenvalue weighted by molar-refractivity contribution is 7.85. The molecule has 3 N–H and O–H groups in total. The van der Waals surface area contributed by atoms with Gasteiger partial charge in [-0.25, -0.2) is 4.79 Å². The molecule has 0 spiro atoms. The van der Waals surface area contributed by atoms with Crippen molar-refractivity contribution >= 4 is 21.8 Å². The molecule has 0 aromatic heterocycles. The average molecular weight is 286 g/mol. The van der Waals surface area contributed by atoms with E-state index in [2.05, 4.69) is 10.6 Å². The molecule has 1 rings (SSSR count). The van der Waals surface area contributed by atoms with Crippen molar-refractivity contribution in [3.8, 4) is 0 Å². The first-order valence-corrected chi connectivity index (χ1v) is 7.39. The third-order valence-electron chi connectivity index (χ3n) is 2.72. The van der Waals surface area contributed by atoms with Crippen LogP contribution in [-0.2, 0) is 10.1 Å². The minimum absolute atomic E-state index is 0.210. The molecule has 19 heavy (non-hydrogen) atoms. The Morgan fingerprint density at radius 1 is 1.32 bits per heavy atom. The SMILES string of the molecule is CCC(C)CNC(=O)Nc1ccc(S(=O)(=O)O)cc1. The maximum Gasteiger partial charge on any atom is 0.319 e. The Balaban J connectivity index is 2.56. The van der Waals surface area contributed by atoms with Crippen LogP contribution in [0.25, 0.3) is 0 Å². The first-order chi connectivity index (χ1) is 8.82. The summed E-state index contributed by atoms with van der Waals surface area (Å²) in [5.41, 5.74) is 0.453. The van der Waals surface area contributed by atoms with Gasteiger partial charge < -0.3 is 10.6 Å². The average Bonchev–Trinajstić information content (AvgIpc) is 2.35. The van der Waals surface area contributed by atoms with Gasteiger partial charge in [0.1, 0.15) is 0 Å². The van der Waals surface area contributed by atoms with Crippen molar-refractivity contribution in [2.24, 2.45) is 5.92 Å². The molecule has 0 fully saturated rings. The van der Waals surface area contributed by atoms with Gasteiger partial charge in [0.15, 0.2) is 0 Å². The molecule has 0 aliphatic heterocycles. The lowest BCUT2D eigenvalue weighted by atomic mass is 10.1. The molecule has 1 aromatic rings. The third kappa shape index (κ3) is 5.27. The minimum atomic E-state index is -4.20. The fourth-order valence-electron chi connectivity index (χ4n) is 1.30. The van der Waals surface area contributed by atoms with E-state index in [-0.39, 0.29) is 10.9 Å². The van der Waals surface area contributed by atoms with Crippen molar-refractivity contribution in [2.45, 2.75) is 25.2 Å². The van der Waals surface area contributed by atoms with E-state index >= 15 is 0 Å². The van der Waals surface area contributed by atoms with Gasteiger partial charge in [-0.15, -0.1) is 0 Å². The van der Waals surface area contributed by atoms with Gasteiger partial charge in [0.25, 0.3) is 10.1 Å². The summed E-state index contributed by atoms with van der Waals surface area (Å²) in [4.78, 5) is 11.3. The zero-order valence-corrected chi connectivity index (χ0v) is 11.7. The van der Waals surface area contributed by atoms with Gasteiger partial charge in [-0.2, -0.15) is 8.42 Å².